The second-order valence-electron chi connectivity index (χ2n) is 6.13. The molecule has 0 saturated carbocycles. The summed E-state index contributed by atoms with van der Waals surface area (Å²) in [7, 11) is 0. The van der Waals surface area contributed by atoms with Crippen LogP contribution in [0.5, 0.6) is 5.75 Å². The predicted molar refractivity (Wildman–Crippen MR) is 65.0 cm³/mol. The molecular weight excluding hydrogens is 255 g/mol. The highest BCUT2D eigenvalue weighted by Crippen LogP contribution is 2.45. The number of hydrogen-bond donors (Lipinski definition) is 1. The van der Waals surface area contributed by atoms with E-state index in [9.17, 15) is 13.2 Å². The normalized spacial score (nSPS) is 28.5. The third kappa shape index (κ3) is 2.20. The monoisotopic (exact) mass is 271 g/mol. The van der Waals surface area contributed by atoms with Crippen LogP contribution in [0, 0.1) is 5.41 Å². The van der Waals surface area contributed by atoms with Crippen LogP contribution in [0.15, 0.2) is 18.2 Å². The first-order valence-corrected chi connectivity index (χ1v) is 6.37. The van der Waals surface area contributed by atoms with E-state index in [1.807, 2.05) is 0 Å². The van der Waals surface area contributed by atoms with Crippen LogP contribution in [0.25, 0.3) is 0 Å². The molecule has 1 saturated heterocycles. The molecule has 2 heterocycles. The Labute approximate surface area is 109 Å². The van der Waals surface area contributed by atoms with E-state index in [4.69, 9.17) is 4.74 Å². The number of halogens is 3. The molecule has 0 radical (unpaired) electrons. The number of alkyl halides is 3. The molecule has 0 unspecified atom stereocenters. The number of rotatable bonds is 0. The van der Waals surface area contributed by atoms with Crippen LogP contribution in [0.3, 0.4) is 0 Å². The molecule has 0 amide bonds. The van der Waals surface area contributed by atoms with E-state index in [1.54, 1.807) is 0 Å². The molecule has 3 rings (SSSR count). The molecule has 0 aliphatic carbocycles. The van der Waals surface area contributed by atoms with Gasteiger partial charge in [-0.2, -0.15) is 13.2 Å². The minimum absolute atomic E-state index is 0.0188. The molecule has 0 bridgehead atoms. The SMILES string of the molecule is CC1(C)CN[C@H]2c3ccc(C(F)(F)F)cc3O[C@H]2C1. The zero-order valence-electron chi connectivity index (χ0n) is 10.8. The molecule has 2 nitrogen and oxygen atoms in total. The van der Waals surface area contributed by atoms with Crippen LogP contribution in [-0.2, 0) is 6.18 Å². The topological polar surface area (TPSA) is 21.3 Å². The summed E-state index contributed by atoms with van der Waals surface area (Å²) >= 11 is 0. The quantitative estimate of drug-likeness (QED) is 0.779. The van der Waals surface area contributed by atoms with Crippen molar-refractivity contribution >= 4 is 0 Å². The van der Waals surface area contributed by atoms with Gasteiger partial charge in [-0.15, -0.1) is 0 Å². The summed E-state index contributed by atoms with van der Waals surface area (Å²) in [4.78, 5) is 0. The summed E-state index contributed by atoms with van der Waals surface area (Å²) in [6, 6.07) is 3.80. The summed E-state index contributed by atoms with van der Waals surface area (Å²) in [5, 5.41) is 3.38. The average Bonchev–Trinajstić information content (AvgIpc) is 2.61. The molecule has 19 heavy (non-hydrogen) atoms. The lowest BCUT2D eigenvalue weighted by atomic mass is 9.80. The van der Waals surface area contributed by atoms with E-state index in [0.717, 1.165) is 30.7 Å². The number of hydrogen-bond acceptors (Lipinski definition) is 2. The third-order valence-corrected chi connectivity index (χ3v) is 3.88. The maximum Gasteiger partial charge on any atom is 0.416 e. The average molecular weight is 271 g/mol. The highest BCUT2D eigenvalue weighted by molar-refractivity contribution is 5.44. The van der Waals surface area contributed by atoms with Gasteiger partial charge in [-0.1, -0.05) is 19.9 Å². The fraction of sp³-hybridized carbons (Fsp3) is 0.571. The Kier molecular flexibility index (Phi) is 2.61. The van der Waals surface area contributed by atoms with E-state index in [-0.39, 0.29) is 17.6 Å². The van der Waals surface area contributed by atoms with Crippen LogP contribution in [0.4, 0.5) is 13.2 Å². The molecular formula is C14H16F3NO. The van der Waals surface area contributed by atoms with Gasteiger partial charge in [-0.3, -0.25) is 0 Å². The lowest BCUT2D eigenvalue weighted by Gasteiger charge is -2.37. The van der Waals surface area contributed by atoms with Gasteiger partial charge in [0.15, 0.2) is 0 Å². The van der Waals surface area contributed by atoms with Gasteiger partial charge in [-0.25, -0.2) is 0 Å². The number of nitrogens with one attached hydrogen (secondary N) is 1. The third-order valence-electron chi connectivity index (χ3n) is 3.88. The van der Waals surface area contributed by atoms with Crippen molar-refractivity contribution in [2.45, 2.75) is 38.6 Å². The second-order valence-corrected chi connectivity index (χ2v) is 6.13. The molecule has 0 spiro atoms. The van der Waals surface area contributed by atoms with Gasteiger partial charge >= 0.3 is 6.18 Å². The first-order valence-electron chi connectivity index (χ1n) is 6.37. The van der Waals surface area contributed by atoms with Gasteiger partial charge in [0, 0.05) is 12.1 Å². The van der Waals surface area contributed by atoms with E-state index < -0.39 is 11.7 Å². The van der Waals surface area contributed by atoms with E-state index >= 15 is 0 Å². The highest BCUT2D eigenvalue weighted by Gasteiger charge is 2.43. The Balaban J connectivity index is 1.92. The smallest absolute Gasteiger partial charge is 0.416 e. The van der Waals surface area contributed by atoms with Crippen molar-refractivity contribution in [2.24, 2.45) is 5.41 Å². The molecule has 104 valence electrons. The summed E-state index contributed by atoms with van der Waals surface area (Å²) in [6.07, 6.45) is -3.54. The van der Waals surface area contributed by atoms with Gasteiger partial charge in [0.2, 0.25) is 0 Å². The lowest BCUT2D eigenvalue weighted by molar-refractivity contribution is -0.137. The number of ether oxygens (including phenoxy) is 1. The molecule has 1 N–H and O–H groups in total. The maximum absolute atomic E-state index is 12.7. The summed E-state index contributed by atoms with van der Waals surface area (Å²) < 4.78 is 43.8. The summed E-state index contributed by atoms with van der Waals surface area (Å²) in [5.41, 5.74) is 0.299. The zero-order valence-corrected chi connectivity index (χ0v) is 10.8. The molecule has 1 fully saturated rings. The summed E-state index contributed by atoms with van der Waals surface area (Å²) in [5.74, 6) is 0.370. The molecule has 0 aromatic heterocycles. The van der Waals surface area contributed by atoms with Gasteiger partial charge in [-0.05, 0) is 24.0 Å². The number of piperidine rings is 1. The molecule has 2 aliphatic rings. The highest BCUT2D eigenvalue weighted by atomic mass is 19.4. The Morgan fingerprint density at radius 2 is 2.05 bits per heavy atom. The van der Waals surface area contributed by atoms with Crippen molar-refractivity contribution in [3.05, 3.63) is 29.3 Å². The van der Waals surface area contributed by atoms with Crippen LogP contribution in [0.2, 0.25) is 0 Å². The molecule has 1 aromatic rings. The fourth-order valence-corrected chi connectivity index (χ4v) is 2.91. The lowest BCUT2D eigenvalue weighted by Crippen LogP contribution is -2.46. The number of benzene rings is 1. The molecule has 1 aromatic carbocycles. The van der Waals surface area contributed by atoms with Crippen LogP contribution in [-0.4, -0.2) is 12.6 Å². The van der Waals surface area contributed by atoms with Crippen molar-refractivity contribution < 1.29 is 17.9 Å². The number of fused-ring (bicyclic) bond motifs is 3. The van der Waals surface area contributed by atoms with Crippen molar-refractivity contribution in [1.82, 2.24) is 5.32 Å². The summed E-state index contributed by atoms with van der Waals surface area (Å²) in [6.45, 7) is 5.10. The van der Waals surface area contributed by atoms with Crippen molar-refractivity contribution in [1.29, 1.82) is 0 Å². The van der Waals surface area contributed by atoms with Gasteiger partial charge < -0.3 is 10.1 Å². The van der Waals surface area contributed by atoms with Crippen LogP contribution < -0.4 is 10.1 Å². The standard InChI is InChI=1S/C14H16F3NO/c1-13(2)6-11-12(18-7-13)9-4-3-8(14(15,16)17)5-10(9)19-11/h3-5,11-12,18H,6-7H2,1-2H3/t11-,12-/m0/s1. The molecule has 2 atom stereocenters. The Morgan fingerprint density at radius 3 is 2.74 bits per heavy atom. The van der Waals surface area contributed by atoms with Gasteiger partial charge in [0.25, 0.3) is 0 Å². The Hall–Kier alpha value is -1.23. The van der Waals surface area contributed by atoms with Crippen LogP contribution >= 0.6 is 0 Å². The first-order chi connectivity index (χ1) is 8.76. The Bertz CT molecular complexity index is 510. The zero-order chi connectivity index (χ0) is 13.8. The van der Waals surface area contributed by atoms with E-state index in [1.165, 1.54) is 6.07 Å². The van der Waals surface area contributed by atoms with Crippen molar-refractivity contribution in [3.8, 4) is 5.75 Å². The minimum Gasteiger partial charge on any atom is -0.488 e. The van der Waals surface area contributed by atoms with Crippen molar-refractivity contribution in [3.63, 3.8) is 0 Å². The second kappa shape index (κ2) is 3.88. The molecule has 5 heteroatoms. The van der Waals surface area contributed by atoms with E-state index in [0.29, 0.717) is 5.75 Å². The van der Waals surface area contributed by atoms with Gasteiger partial charge in [0.1, 0.15) is 11.9 Å². The fourth-order valence-electron chi connectivity index (χ4n) is 2.91. The Morgan fingerprint density at radius 1 is 1.32 bits per heavy atom. The minimum atomic E-state index is -4.32. The van der Waals surface area contributed by atoms with Crippen LogP contribution in [0.1, 0.15) is 37.4 Å². The predicted octanol–water partition coefficient (Wildman–Crippen LogP) is 3.53. The molecule has 2 aliphatic heterocycles. The largest absolute Gasteiger partial charge is 0.488 e. The van der Waals surface area contributed by atoms with Crippen molar-refractivity contribution in [2.75, 3.05) is 6.54 Å². The first kappa shape index (κ1) is 12.8. The van der Waals surface area contributed by atoms with E-state index in [2.05, 4.69) is 19.2 Å². The van der Waals surface area contributed by atoms with Gasteiger partial charge in [0.05, 0.1) is 11.6 Å². The maximum atomic E-state index is 12.7.